The van der Waals surface area contributed by atoms with Gasteiger partial charge in [-0.2, -0.15) is 0 Å². The summed E-state index contributed by atoms with van der Waals surface area (Å²) in [6.07, 6.45) is 5.77. The molecule has 1 unspecified atom stereocenters. The lowest BCUT2D eigenvalue weighted by molar-refractivity contribution is -0.139. The summed E-state index contributed by atoms with van der Waals surface area (Å²) in [6, 6.07) is -0.326. The van der Waals surface area contributed by atoms with Crippen molar-refractivity contribution in [2.24, 2.45) is 0 Å². The number of carboxylic acids is 1. The van der Waals surface area contributed by atoms with E-state index in [9.17, 15) is 9.59 Å². The van der Waals surface area contributed by atoms with Crippen LogP contribution < -0.4 is 10.6 Å². The average Bonchev–Trinajstić information content (AvgIpc) is 2.76. The van der Waals surface area contributed by atoms with Gasteiger partial charge >= 0.3 is 5.97 Å². The number of amides is 1. The Morgan fingerprint density at radius 3 is 2.53 bits per heavy atom. The van der Waals surface area contributed by atoms with E-state index in [0.29, 0.717) is 12.5 Å². The number of carboxylic acid groups (broad SMARTS) is 1. The fourth-order valence-electron chi connectivity index (χ4n) is 2.17. The van der Waals surface area contributed by atoms with Crippen LogP contribution in [0.4, 0.5) is 0 Å². The van der Waals surface area contributed by atoms with Crippen LogP contribution in [0, 0.1) is 0 Å². The topological polar surface area (TPSA) is 78.4 Å². The van der Waals surface area contributed by atoms with Crippen molar-refractivity contribution < 1.29 is 14.7 Å². The monoisotopic (exact) mass is 242 g/mol. The van der Waals surface area contributed by atoms with Gasteiger partial charge in [-0.25, -0.2) is 0 Å². The summed E-state index contributed by atoms with van der Waals surface area (Å²) in [5.74, 6) is -0.986. The first-order valence-corrected chi connectivity index (χ1v) is 6.39. The summed E-state index contributed by atoms with van der Waals surface area (Å²) >= 11 is 0. The number of carbonyl (C=O) groups is 2. The third-order valence-electron chi connectivity index (χ3n) is 3.10. The maximum absolute atomic E-state index is 11.6. The molecule has 1 aliphatic rings. The van der Waals surface area contributed by atoms with Gasteiger partial charge in [0, 0.05) is 6.04 Å². The molecule has 0 aromatic carbocycles. The fourth-order valence-corrected chi connectivity index (χ4v) is 2.17. The average molecular weight is 242 g/mol. The Balaban J connectivity index is 2.22. The van der Waals surface area contributed by atoms with Gasteiger partial charge in [0.25, 0.3) is 0 Å². The van der Waals surface area contributed by atoms with Crippen molar-refractivity contribution >= 4 is 11.9 Å². The maximum atomic E-state index is 11.6. The molecule has 0 aromatic rings. The van der Waals surface area contributed by atoms with Gasteiger partial charge in [0.15, 0.2) is 0 Å². The zero-order chi connectivity index (χ0) is 12.7. The van der Waals surface area contributed by atoms with Gasteiger partial charge in [-0.3, -0.25) is 14.9 Å². The molecule has 1 rings (SSSR count). The summed E-state index contributed by atoms with van der Waals surface area (Å²) < 4.78 is 0. The van der Waals surface area contributed by atoms with Crippen molar-refractivity contribution in [3.8, 4) is 0 Å². The molecule has 98 valence electrons. The number of carbonyl (C=O) groups excluding carboxylic acids is 1. The van der Waals surface area contributed by atoms with E-state index < -0.39 is 12.0 Å². The first-order valence-electron chi connectivity index (χ1n) is 6.39. The highest BCUT2D eigenvalue weighted by molar-refractivity contribution is 5.80. The minimum atomic E-state index is -0.888. The normalized spacial score (nSPS) is 17.9. The van der Waals surface area contributed by atoms with E-state index >= 15 is 0 Å². The molecule has 0 radical (unpaired) electrons. The molecule has 1 atom stereocenters. The molecule has 0 saturated heterocycles. The Morgan fingerprint density at radius 1 is 1.35 bits per heavy atom. The predicted octanol–water partition coefficient (Wildman–Crippen LogP) is 0.888. The third kappa shape index (κ3) is 5.17. The second-order valence-corrected chi connectivity index (χ2v) is 4.61. The van der Waals surface area contributed by atoms with Gasteiger partial charge in [0.2, 0.25) is 5.91 Å². The van der Waals surface area contributed by atoms with Gasteiger partial charge in [0.1, 0.15) is 6.04 Å². The van der Waals surface area contributed by atoms with Crippen LogP contribution in [0.3, 0.4) is 0 Å². The summed E-state index contributed by atoms with van der Waals surface area (Å²) in [6.45, 7) is 2.02. The largest absolute Gasteiger partial charge is 0.480 e. The number of nitrogens with one attached hydrogen (secondary N) is 2. The highest BCUT2D eigenvalue weighted by atomic mass is 16.4. The first-order chi connectivity index (χ1) is 8.13. The summed E-state index contributed by atoms with van der Waals surface area (Å²) in [5.41, 5.74) is 0. The number of hydrogen-bond acceptors (Lipinski definition) is 3. The molecule has 17 heavy (non-hydrogen) atoms. The molecule has 0 bridgehead atoms. The van der Waals surface area contributed by atoms with E-state index in [-0.39, 0.29) is 12.5 Å². The molecule has 0 spiro atoms. The van der Waals surface area contributed by atoms with Crippen LogP contribution in [0.15, 0.2) is 0 Å². The molecule has 1 saturated carbocycles. The third-order valence-corrected chi connectivity index (χ3v) is 3.10. The van der Waals surface area contributed by atoms with Gasteiger partial charge in [-0.1, -0.05) is 26.2 Å². The molecular formula is C12H22N2O3. The maximum Gasteiger partial charge on any atom is 0.320 e. The Bertz CT molecular complexity index is 262. The molecule has 1 aliphatic carbocycles. The Labute approximate surface area is 102 Å². The Hall–Kier alpha value is -1.10. The van der Waals surface area contributed by atoms with Crippen molar-refractivity contribution in [2.75, 3.05) is 6.54 Å². The Morgan fingerprint density at radius 2 is 2.00 bits per heavy atom. The van der Waals surface area contributed by atoms with Crippen molar-refractivity contribution in [2.45, 2.75) is 57.5 Å². The SMILES string of the molecule is CCCC(NCC(=O)NC1CCCC1)C(=O)O. The second-order valence-electron chi connectivity index (χ2n) is 4.61. The summed E-state index contributed by atoms with van der Waals surface area (Å²) in [4.78, 5) is 22.4. The van der Waals surface area contributed by atoms with Crippen LogP contribution in [-0.4, -0.2) is 35.6 Å². The molecule has 0 aliphatic heterocycles. The van der Waals surface area contributed by atoms with Crippen LogP contribution in [0.25, 0.3) is 0 Å². The quantitative estimate of drug-likeness (QED) is 0.619. The van der Waals surface area contributed by atoms with Crippen molar-refractivity contribution in [3.63, 3.8) is 0 Å². The Kier molecular flexibility index (Phi) is 5.97. The molecule has 5 heteroatoms. The van der Waals surface area contributed by atoms with E-state index in [1.54, 1.807) is 0 Å². The van der Waals surface area contributed by atoms with Crippen molar-refractivity contribution in [3.05, 3.63) is 0 Å². The van der Waals surface area contributed by atoms with Crippen LogP contribution in [0.1, 0.15) is 45.4 Å². The zero-order valence-corrected chi connectivity index (χ0v) is 10.4. The summed E-state index contributed by atoms with van der Waals surface area (Å²) in [5, 5.41) is 14.6. The minimum Gasteiger partial charge on any atom is -0.480 e. The minimum absolute atomic E-state index is 0.0907. The molecular weight excluding hydrogens is 220 g/mol. The molecule has 0 aromatic heterocycles. The molecule has 3 N–H and O–H groups in total. The van der Waals surface area contributed by atoms with E-state index in [0.717, 1.165) is 19.3 Å². The standard InChI is InChI=1S/C12H22N2O3/c1-2-5-10(12(16)17)13-8-11(15)14-9-6-3-4-7-9/h9-10,13H,2-8H2,1H3,(H,14,15)(H,16,17). The first kappa shape index (κ1) is 14.0. The molecule has 1 amide bonds. The summed E-state index contributed by atoms with van der Waals surface area (Å²) in [7, 11) is 0. The van der Waals surface area contributed by atoms with E-state index in [1.165, 1.54) is 12.8 Å². The lowest BCUT2D eigenvalue weighted by Crippen LogP contribution is -2.45. The zero-order valence-electron chi connectivity index (χ0n) is 10.4. The number of rotatable bonds is 7. The van der Waals surface area contributed by atoms with Crippen LogP contribution in [0.5, 0.6) is 0 Å². The van der Waals surface area contributed by atoms with Gasteiger partial charge in [-0.05, 0) is 19.3 Å². The number of hydrogen-bond donors (Lipinski definition) is 3. The van der Waals surface area contributed by atoms with Crippen LogP contribution >= 0.6 is 0 Å². The van der Waals surface area contributed by atoms with E-state index in [1.807, 2.05) is 6.92 Å². The van der Waals surface area contributed by atoms with Crippen LogP contribution in [0.2, 0.25) is 0 Å². The van der Waals surface area contributed by atoms with Crippen molar-refractivity contribution in [1.29, 1.82) is 0 Å². The lowest BCUT2D eigenvalue weighted by atomic mass is 10.1. The predicted molar refractivity (Wildman–Crippen MR) is 64.7 cm³/mol. The van der Waals surface area contributed by atoms with Gasteiger partial charge in [-0.15, -0.1) is 0 Å². The molecule has 5 nitrogen and oxygen atoms in total. The molecule has 1 fully saturated rings. The van der Waals surface area contributed by atoms with Crippen LogP contribution in [-0.2, 0) is 9.59 Å². The van der Waals surface area contributed by atoms with Gasteiger partial charge in [0.05, 0.1) is 6.54 Å². The van der Waals surface area contributed by atoms with E-state index in [4.69, 9.17) is 5.11 Å². The number of aliphatic carboxylic acids is 1. The van der Waals surface area contributed by atoms with Crippen molar-refractivity contribution in [1.82, 2.24) is 10.6 Å². The lowest BCUT2D eigenvalue weighted by Gasteiger charge is -2.15. The molecule has 0 heterocycles. The smallest absolute Gasteiger partial charge is 0.320 e. The highest BCUT2D eigenvalue weighted by Crippen LogP contribution is 2.17. The fraction of sp³-hybridized carbons (Fsp3) is 0.833. The highest BCUT2D eigenvalue weighted by Gasteiger charge is 2.19. The van der Waals surface area contributed by atoms with E-state index in [2.05, 4.69) is 10.6 Å². The van der Waals surface area contributed by atoms with Gasteiger partial charge < -0.3 is 10.4 Å². The second kappa shape index (κ2) is 7.27.